The molecule has 1 aromatic heterocycles. The molecule has 202 valence electrons. The predicted molar refractivity (Wildman–Crippen MR) is 140 cm³/mol. The molecule has 0 spiro atoms. The van der Waals surface area contributed by atoms with Crippen molar-refractivity contribution < 1.29 is 30.8 Å². The lowest BCUT2D eigenvalue weighted by atomic mass is 9.93. The number of amides is 1. The Morgan fingerprint density at radius 2 is 1.84 bits per heavy atom. The highest BCUT2D eigenvalue weighted by Gasteiger charge is 2.45. The van der Waals surface area contributed by atoms with E-state index in [9.17, 15) is 21.6 Å². The molecule has 1 aliphatic heterocycles. The van der Waals surface area contributed by atoms with E-state index < -0.39 is 50.3 Å². The summed E-state index contributed by atoms with van der Waals surface area (Å²) in [4.78, 5) is 16.3. The summed E-state index contributed by atoms with van der Waals surface area (Å²) >= 11 is 12.4. The molecule has 0 radical (unpaired) electrons. The number of carbonyl (C=O) groups excluding carboxylic acids is 1. The number of hydrogen-bond donors (Lipinski definition) is 1. The van der Waals surface area contributed by atoms with E-state index in [1.807, 2.05) is 0 Å². The van der Waals surface area contributed by atoms with E-state index in [-0.39, 0.29) is 33.7 Å². The lowest BCUT2D eigenvalue weighted by Crippen LogP contribution is -2.53. The van der Waals surface area contributed by atoms with Crippen LogP contribution >= 0.6 is 23.2 Å². The molecule has 2 heterocycles. The molecule has 0 aliphatic carbocycles. The van der Waals surface area contributed by atoms with Crippen molar-refractivity contribution in [3.05, 3.63) is 52.1 Å². The van der Waals surface area contributed by atoms with Crippen LogP contribution in [0.1, 0.15) is 19.8 Å². The summed E-state index contributed by atoms with van der Waals surface area (Å²) in [6, 6.07) is 5.38. The van der Waals surface area contributed by atoms with Crippen LogP contribution in [0, 0.1) is 0 Å². The number of piperidine rings is 1. The van der Waals surface area contributed by atoms with Gasteiger partial charge in [0, 0.05) is 66.0 Å². The monoisotopic (exact) mass is 593 g/mol. The van der Waals surface area contributed by atoms with E-state index in [2.05, 4.69) is 10.3 Å². The van der Waals surface area contributed by atoms with Crippen LogP contribution in [0.4, 0.5) is 4.39 Å². The molecule has 1 N–H and O–H groups in total. The van der Waals surface area contributed by atoms with Gasteiger partial charge in [-0.15, -0.1) is 0 Å². The smallest absolute Gasteiger partial charge is 0.258 e. The third kappa shape index (κ3) is 6.99. The van der Waals surface area contributed by atoms with Crippen LogP contribution in [0.2, 0.25) is 10.2 Å². The van der Waals surface area contributed by atoms with Crippen molar-refractivity contribution in [2.75, 3.05) is 26.5 Å². The first-order valence-corrected chi connectivity index (χ1v) is 15.2. The average Bonchev–Trinajstić information content (AvgIpc) is 2.82. The van der Waals surface area contributed by atoms with Crippen molar-refractivity contribution >= 4 is 49.0 Å². The Kier molecular flexibility index (Phi) is 8.90. The number of sulfonamides is 1. The molecule has 3 rings (SSSR count). The average molecular weight is 595 g/mol. The molecular weight excluding hydrogens is 568 g/mol. The zero-order chi connectivity index (χ0) is 27.6. The Bertz CT molecular complexity index is 1430. The van der Waals surface area contributed by atoms with E-state index in [4.69, 9.17) is 27.9 Å². The molecule has 0 unspecified atom stereocenters. The second-order valence-electron chi connectivity index (χ2n) is 8.64. The number of methoxy groups -OCH3 is 1. The van der Waals surface area contributed by atoms with Gasteiger partial charge in [-0.3, -0.25) is 4.79 Å². The van der Waals surface area contributed by atoms with Gasteiger partial charge in [-0.05, 0) is 31.2 Å². The first kappa shape index (κ1) is 29.3. The minimum Gasteiger partial charge on any atom is -0.497 e. The van der Waals surface area contributed by atoms with Gasteiger partial charge in [0.2, 0.25) is 10.0 Å². The van der Waals surface area contributed by atoms with Crippen LogP contribution in [0.3, 0.4) is 0 Å². The lowest BCUT2D eigenvalue weighted by molar-refractivity contribution is -0.135. The van der Waals surface area contributed by atoms with Crippen molar-refractivity contribution in [3.8, 4) is 16.9 Å². The Labute approximate surface area is 225 Å². The van der Waals surface area contributed by atoms with Crippen molar-refractivity contribution in [1.29, 1.82) is 0 Å². The van der Waals surface area contributed by atoms with Gasteiger partial charge in [-0.25, -0.2) is 26.2 Å². The summed E-state index contributed by atoms with van der Waals surface area (Å²) in [7, 11) is -6.13. The maximum atomic E-state index is 15.5. The van der Waals surface area contributed by atoms with E-state index >= 15 is 4.39 Å². The predicted octanol–water partition coefficient (Wildman–Crippen LogP) is 3.62. The van der Waals surface area contributed by atoms with Gasteiger partial charge < -0.3 is 10.1 Å². The van der Waals surface area contributed by atoms with Crippen molar-refractivity contribution in [1.82, 2.24) is 14.6 Å². The zero-order valence-corrected chi connectivity index (χ0v) is 23.4. The highest BCUT2D eigenvalue weighted by molar-refractivity contribution is 7.93. The molecule has 1 aromatic carbocycles. The van der Waals surface area contributed by atoms with Crippen LogP contribution in [0.15, 0.2) is 46.8 Å². The minimum absolute atomic E-state index is 0.0463. The number of aromatic nitrogens is 1. The molecule has 1 atom stereocenters. The normalized spacial score (nSPS) is 17.5. The van der Waals surface area contributed by atoms with Crippen LogP contribution in [0.5, 0.6) is 5.75 Å². The van der Waals surface area contributed by atoms with Gasteiger partial charge >= 0.3 is 0 Å². The topological polar surface area (TPSA) is 123 Å². The number of alkyl halides is 1. The Morgan fingerprint density at radius 1 is 1.19 bits per heavy atom. The quantitative estimate of drug-likeness (QED) is 0.464. The maximum Gasteiger partial charge on any atom is 0.258 e. The second kappa shape index (κ2) is 11.2. The fourth-order valence-electron chi connectivity index (χ4n) is 3.76. The van der Waals surface area contributed by atoms with Crippen LogP contribution in [-0.4, -0.2) is 70.2 Å². The lowest BCUT2D eigenvalue weighted by Gasteiger charge is -2.35. The van der Waals surface area contributed by atoms with Crippen LogP contribution in [0.25, 0.3) is 11.1 Å². The molecule has 1 aliphatic rings. The van der Waals surface area contributed by atoms with Gasteiger partial charge in [0.25, 0.3) is 5.91 Å². The number of ether oxygens (including phenoxy) is 1. The number of halogens is 3. The molecule has 9 nitrogen and oxygen atoms in total. The molecule has 2 aromatic rings. The van der Waals surface area contributed by atoms with Gasteiger partial charge in [-0.1, -0.05) is 29.3 Å². The number of carbonyl (C=O) groups is 1. The molecule has 14 heteroatoms. The van der Waals surface area contributed by atoms with Crippen molar-refractivity contribution in [3.63, 3.8) is 0 Å². The summed E-state index contributed by atoms with van der Waals surface area (Å²) in [5.41, 5.74) is -1.77. The first-order chi connectivity index (χ1) is 17.2. The van der Waals surface area contributed by atoms with E-state index in [1.165, 1.54) is 26.2 Å². The second-order valence-corrected chi connectivity index (χ2v) is 13.3. The van der Waals surface area contributed by atoms with Gasteiger partial charge in [0.05, 0.1) is 7.11 Å². The molecule has 1 saturated heterocycles. The molecular formula is C23H26Cl2FN3O6S2. The molecule has 0 bridgehead atoms. The summed E-state index contributed by atoms with van der Waals surface area (Å²) in [5, 5.41) is 3.65. The molecule has 1 fully saturated rings. The number of sulfone groups is 1. The number of nitrogens with zero attached hydrogens (tertiary/aromatic N) is 2. The highest BCUT2D eigenvalue weighted by Crippen LogP contribution is 2.38. The Morgan fingerprint density at radius 3 is 2.43 bits per heavy atom. The summed E-state index contributed by atoms with van der Waals surface area (Å²) < 4.78 is 71.4. The summed E-state index contributed by atoms with van der Waals surface area (Å²) in [6.07, 6.45) is 2.56. The third-order valence-electron chi connectivity index (χ3n) is 5.81. The first-order valence-electron chi connectivity index (χ1n) is 11.0. The fourth-order valence-corrected chi connectivity index (χ4v) is 6.24. The van der Waals surface area contributed by atoms with Gasteiger partial charge in [0.15, 0.2) is 15.5 Å². The van der Waals surface area contributed by atoms with Crippen LogP contribution in [-0.2, 0) is 24.7 Å². The third-order valence-corrected chi connectivity index (χ3v) is 8.92. The number of hydrogen-bond acceptors (Lipinski definition) is 7. The number of nitrogens with one attached hydrogen (secondary N) is 1. The van der Waals surface area contributed by atoms with Crippen molar-refractivity contribution in [2.24, 2.45) is 0 Å². The molecule has 0 saturated carbocycles. The molecule has 1 amide bonds. The Hall–Kier alpha value is -2.25. The fraction of sp³-hybridized carbons (Fsp3) is 0.391. The zero-order valence-electron chi connectivity index (χ0n) is 20.2. The SMILES string of the molecule is COc1ccc(Cl)c(-c2cc(Cl)ncc2S(=O)(=O)N2CCC(F)(C(=O)N[C@@H](C)/C=C\S(C)(=O)=O)CC2)c1. The minimum atomic E-state index is -4.18. The number of benzene rings is 1. The summed E-state index contributed by atoms with van der Waals surface area (Å²) in [5.74, 6) is -0.491. The largest absolute Gasteiger partial charge is 0.497 e. The standard InChI is InChI=1S/C23H26Cl2FN3O6S2/c1-15(6-11-36(3,31)32)28-22(30)23(26)7-9-29(10-8-23)37(33,34)20-14-27-21(25)13-18(20)17-12-16(35-2)4-5-19(17)24/h4-6,11-15H,7-10H2,1-3H3,(H,28,30)/b11-6-/t15-/m0/s1. The summed E-state index contributed by atoms with van der Waals surface area (Å²) in [6.45, 7) is 0.961. The number of rotatable bonds is 8. The Balaban J connectivity index is 1.83. The maximum absolute atomic E-state index is 15.5. The van der Waals surface area contributed by atoms with Gasteiger partial charge in [-0.2, -0.15) is 4.31 Å². The molecule has 37 heavy (non-hydrogen) atoms. The highest BCUT2D eigenvalue weighted by atomic mass is 35.5. The van der Waals surface area contributed by atoms with E-state index in [0.29, 0.717) is 11.3 Å². The van der Waals surface area contributed by atoms with Crippen molar-refractivity contribution in [2.45, 2.75) is 36.4 Å². The van der Waals surface area contributed by atoms with E-state index in [0.717, 1.165) is 22.2 Å². The van der Waals surface area contributed by atoms with Gasteiger partial charge in [0.1, 0.15) is 15.8 Å². The van der Waals surface area contributed by atoms with E-state index in [1.54, 1.807) is 18.2 Å². The van der Waals surface area contributed by atoms with Crippen LogP contribution < -0.4 is 10.1 Å². The number of pyridine rings is 1.